The molecule has 80 valence electrons. The predicted molar refractivity (Wildman–Crippen MR) is 63.6 cm³/mol. The zero-order chi connectivity index (χ0) is 11.5. The van der Waals surface area contributed by atoms with Crippen LogP contribution >= 0.6 is 11.6 Å². The molecule has 1 amide bonds. The minimum absolute atomic E-state index is 0.156. The molecule has 0 aliphatic rings. The third kappa shape index (κ3) is 3.10. The van der Waals surface area contributed by atoms with Crippen molar-refractivity contribution in [1.82, 2.24) is 5.32 Å². The molecule has 1 N–H and O–H groups in total. The van der Waals surface area contributed by atoms with Crippen LogP contribution in [0, 0.1) is 0 Å². The van der Waals surface area contributed by atoms with Crippen LogP contribution in [0.15, 0.2) is 30.8 Å². The quantitative estimate of drug-likeness (QED) is 0.620. The standard InChI is InChI=1S/C12H14ClNO/c1-4-10-6-5-7-11(8-10)12(3,13)14-9(2)15/h4-8H,1H2,2-3H3,(H,14,15). The van der Waals surface area contributed by atoms with Gasteiger partial charge in [0, 0.05) is 6.92 Å². The number of hydrogen-bond donors (Lipinski definition) is 1. The highest BCUT2D eigenvalue weighted by Gasteiger charge is 2.23. The summed E-state index contributed by atoms with van der Waals surface area (Å²) >= 11 is 6.22. The lowest BCUT2D eigenvalue weighted by Gasteiger charge is -2.23. The first-order valence-electron chi connectivity index (χ1n) is 4.66. The Balaban J connectivity index is 3.03. The van der Waals surface area contributed by atoms with Crippen molar-refractivity contribution in [2.24, 2.45) is 0 Å². The van der Waals surface area contributed by atoms with E-state index in [1.165, 1.54) is 6.92 Å². The smallest absolute Gasteiger partial charge is 0.218 e. The maximum Gasteiger partial charge on any atom is 0.218 e. The van der Waals surface area contributed by atoms with Gasteiger partial charge in [0.1, 0.15) is 5.00 Å². The molecule has 1 rings (SSSR count). The highest BCUT2D eigenvalue weighted by Crippen LogP contribution is 2.26. The van der Waals surface area contributed by atoms with Crippen molar-refractivity contribution >= 4 is 23.6 Å². The number of nitrogens with one attached hydrogen (secondary N) is 1. The van der Waals surface area contributed by atoms with E-state index in [-0.39, 0.29) is 5.91 Å². The second-order valence-corrected chi connectivity index (χ2v) is 4.27. The maximum absolute atomic E-state index is 11.0. The maximum atomic E-state index is 11.0. The van der Waals surface area contributed by atoms with Crippen molar-refractivity contribution in [1.29, 1.82) is 0 Å². The van der Waals surface area contributed by atoms with Crippen LogP contribution in [0.2, 0.25) is 0 Å². The van der Waals surface area contributed by atoms with Gasteiger partial charge in [-0.1, -0.05) is 42.5 Å². The minimum atomic E-state index is -0.870. The molecular formula is C12H14ClNO. The van der Waals surface area contributed by atoms with Gasteiger partial charge in [-0.2, -0.15) is 0 Å². The summed E-state index contributed by atoms with van der Waals surface area (Å²) in [4.78, 5) is 10.1. The Labute approximate surface area is 94.9 Å². The van der Waals surface area contributed by atoms with Gasteiger partial charge < -0.3 is 5.32 Å². The van der Waals surface area contributed by atoms with E-state index in [0.29, 0.717) is 0 Å². The lowest BCUT2D eigenvalue weighted by molar-refractivity contribution is -0.120. The Morgan fingerprint density at radius 1 is 1.60 bits per heavy atom. The van der Waals surface area contributed by atoms with E-state index in [1.54, 1.807) is 13.0 Å². The van der Waals surface area contributed by atoms with Crippen LogP contribution in [-0.2, 0) is 9.79 Å². The molecule has 0 bridgehead atoms. The fourth-order valence-corrected chi connectivity index (χ4v) is 1.61. The number of hydrogen-bond acceptors (Lipinski definition) is 1. The zero-order valence-corrected chi connectivity index (χ0v) is 9.64. The van der Waals surface area contributed by atoms with E-state index in [9.17, 15) is 4.79 Å². The third-order valence-electron chi connectivity index (χ3n) is 2.08. The van der Waals surface area contributed by atoms with Crippen LogP contribution < -0.4 is 5.32 Å². The zero-order valence-electron chi connectivity index (χ0n) is 8.88. The van der Waals surface area contributed by atoms with Crippen LogP contribution in [0.1, 0.15) is 25.0 Å². The largest absolute Gasteiger partial charge is 0.334 e. The Hall–Kier alpha value is -1.28. The van der Waals surface area contributed by atoms with Gasteiger partial charge in [0.15, 0.2) is 0 Å². The molecule has 1 atom stereocenters. The molecule has 3 heteroatoms. The second kappa shape index (κ2) is 4.49. The highest BCUT2D eigenvalue weighted by atomic mass is 35.5. The van der Waals surface area contributed by atoms with Crippen LogP contribution in [0.3, 0.4) is 0 Å². The fraction of sp³-hybridized carbons (Fsp3) is 0.250. The molecule has 0 spiro atoms. The van der Waals surface area contributed by atoms with Crippen LogP contribution in [0.5, 0.6) is 0 Å². The average molecular weight is 224 g/mol. The van der Waals surface area contributed by atoms with Crippen molar-refractivity contribution in [3.63, 3.8) is 0 Å². The molecule has 2 nitrogen and oxygen atoms in total. The lowest BCUT2D eigenvalue weighted by Crippen LogP contribution is -2.37. The Morgan fingerprint density at radius 3 is 2.80 bits per heavy atom. The Kier molecular flexibility index (Phi) is 3.53. The summed E-state index contributed by atoms with van der Waals surface area (Å²) in [5.41, 5.74) is 1.82. The molecule has 0 saturated heterocycles. The summed E-state index contributed by atoms with van der Waals surface area (Å²) in [6.07, 6.45) is 1.74. The van der Waals surface area contributed by atoms with Gasteiger partial charge >= 0.3 is 0 Å². The normalized spacial score (nSPS) is 14.1. The molecule has 0 aliphatic carbocycles. The fourth-order valence-electron chi connectivity index (χ4n) is 1.36. The molecular weight excluding hydrogens is 210 g/mol. The van der Waals surface area contributed by atoms with Crippen molar-refractivity contribution in [2.45, 2.75) is 18.8 Å². The summed E-state index contributed by atoms with van der Waals surface area (Å²) in [6, 6.07) is 7.58. The number of halogens is 1. The van der Waals surface area contributed by atoms with E-state index in [2.05, 4.69) is 11.9 Å². The third-order valence-corrected chi connectivity index (χ3v) is 2.39. The van der Waals surface area contributed by atoms with E-state index < -0.39 is 5.00 Å². The van der Waals surface area contributed by atoms with Gasteiger partial charge in [0.05, 0.1) is 0 Å². The van der Waals surface area contributed by atoms with Gasteiger partial charge in [-0.3, -0.25) is 4.79 Å². The first kappa shape index (κ1) is 11.8. The van der Waals surface area contributed by atoms with Crippen molar-refractivity contribution in [3.05, 3.63) is 42.0 Å². The summed E-state index contributed by atoms with van der Waals surface area (Å²) in [7, 11) is 0. The lowest BCUT2D eigenvalue weighted by atomic mass is 10.0. The van der Waals surface area contributed by atoms with Gasteiger partial charge in [-0.05, 0) is 24.1 Å². The SMILES string of the molecule is C=Cc1cccc(C(C)(Cl)NC(C)=O)c1. The number of alkyl halides is 1. The monoisotopic (exact) mass is 223 g/mol. The Morgan fingerprint density at radius 2 is 2.27 bits per heavy atom. The molecule has 0 aromatic heterocycles. The minimum Gasteiger partial charge on any atom is -0.334 e. The van der Waals surface area contributed by atoms with Crippen molar-refractivity contribution < 1.29 is 4.79 Å². The highest BCUT2D eigenvalue weighted by molar-refractivity contribution is 6.24. The van der Waals surface area contributed by atoms with Gasteiger partial charge in [-0.25, -0.2) is 0 Å². The summed E-state index contributed by atoms with van der Waals surface area (Å²) < 4.78 is 0. The number of carbonyl (C=O) groups is 1. The summed E-state index contributed by atoms with van der Waals surface area (Å²) in [6.45, 7) is 6.88. The topological polar surface area (TPSA) is 29.1 Å². The van der Waals surface area contributed by atoms with E-state index in [4.69, 9.17) is 11.6 Å². The number of amides is 1. The Bertz CT molecular complexity index is 385. The van der Waals surface area contributed by atoms with Gasteiger partial charge in [0.2, 0.25) is 5.91 Å². The van der Waals surface area contributed by atoms with Crippen molar-refractivity contribution in [2.75, 3.05) is 0 Å². The molecule has 0 heterocycles. The number of rotatable bonds is 3. The van der Waals surface area contributed by atoms with Crippen molar-refractivity contribution in [3.8, 4) is 0 Å². The van der Waals surface area contributed by atoms with Gasteiger partial charge in [-0.15, -0.1) is 0 Å². The summed E-state index contributed by atoms with van der Waals surface area (Å²) in [5, 5.41) is 2.68. The molecule has 15 heavy (non-hydrogen) atoms. The van der Waals surface area contributed by atoms with Crippen LogP contribution in [0.4, 0.5) is 0 Å². The van der Waals surface area contributed by atoms with E-state index in [0.717, 1.165) is 11.1 Å². The van der Waals surface area contributed by atoms with Crippen LogP contribution in [-0.4, -0.2) is 5.91 Å². The van der Waals surface area contributed by atoms with Crippen LogP contribution in [0.25, 0.3) is 6.08 Å². The first-order valence-corrected chi connectivity index (χ1v) is 5.04. The molecule has 0 radical (unpaired) electrons. The summed E-state index contributed by atoms with van der Waals surface area (Å²) in [5.74, 6) is -0.156. The molecule has 1 aromatic carbocycles. The molecule has 0 saturated carbocycles. The average Bonchev–Trinajstić information content (AvgIpc) is 2.16. The molecule has 1 unspecified atom stereocenters. The van der Waals surface area contributed by atoms with E-state index in [1.807, 2.05) is 24.3 Å². The molecule has 0 fully saturated rings. The van der Waals surface area contributed by atoms with E-state index >= 15 is 0 Å². The molecule has 1 aromatic rings. The van der Waals surface area contributed by atoms with Gasteiger partial charge in [0.25, 0.3) is 0 Å². The predicted octanol–water partition coefficient (Wildman–Crippen LogP) is 2.88. The number of carbonyl (C=O) groups excluding carboxylic acids is 1. The molecule has 0 aliphatic heterocycles. The second-order valence-electron chi connectivity index (χ2n) is 3.51. The first-order chi connectivity index (χ1) is 6.95. The number of benzene rings is 1.